The minimum atomic E-state index is -0.291. The highest BCUT2D eigenvalue weighted by atomic mass is 16.3. The monoisotopic (exact) mass is 228 g/mol. The first-order valence-electron chi connectivity index (χ1n) is 6.36. The highest BCUT2D eigenvalue weighted by Crippen LogP contribution is 2.09. The van der Waals surface area contributed by atoms with Gasteiger partial charge in [-0.3, -0.25) is 4.79 Å². The molecule has 4 nitrogen and oxygen atoms in total. The second-order valence-corrected chi connectivity index (χ2v) is 4.61. The number of carbonyl (C=O) groups is 1. The first-order valence-corrected chi connectivity index (χ1v) is 6.36. The number of amides is 1. The summed E-state index contributed by atoms with van der Waals surface area (Å²) in [6.07, 6.45) is 5.19. The summed E-state index contributed by atoms with van der Waals surface area (Å²) in [6, 6.07) is 0. The van der Waals surface area contributed by atoms with Gasteiger partial charge in [0.25, 0.3) is 0 Å². The van der Waals surface area contributed by atoms with Crippen LogP contribution in [0.15, 0.2) is 0 Å². The zero-order valence-corrected chi connectivity index (χ0v) is 10.2. The lowest BCUT2D eigenvalue weighted by Crippen LogP contribution is -2.39. The van der Waals surface area contributed by atoms with Crippen molar-refractivity contribution in [1.29, 1.82) is 0 Å². The number of hydrogen-bond acceptors (Lipinski definition) is 3. The van der Waals surface area contributed by atoms with Crippen molar-refractivity contribution in [2.24, 2.45) is 0 Å². The molecule has 0 aliphatic carbocycles. The third-order valence-electron chi connectivity index (χ3n) is 2.97. The number of nitrogens with one attached hydrogen (secondary N) is 1. The van der Waals surface area contributed by atoms with Crippen LogP contribution in [0, 0.1) is 0 Å². The maximum Gasteiger partial charge on any atom is 0.236 e. The molecule has 0 saturated carbocycles. The average molecular weight is 228 g/mol. The number of carbonyl (C=O) groups excluding carboxylic acids is 1. The van der Waals surface area contributed by atoms with Crippen LogP contribution in [0.25, 0.3) is 0 Å². The molecule has 1 aliphatic heterocycles. The number of rotatable bonds is 5. The molecule has 4 heteroatoms. The number of nitrogens with zero attached hydrogens (tertiary/aromatic N) is 1. The summed E-state index contributed by atoms with van der Waals surface area (Å²) in [5.74, 6) is 0.201. The third kappa shape index (κ3) is 5.47. The van der Waals surface area contributed by atoms with Crippen LogP contribution in [-0.4, -0.2) is 48.2 Å². The van der Waals surface area contributed by atoms with E-state index in [1.54, 1.807) is 6.92 Å². The van der Waals surface area contributed by atoms with Gasteiger partial charge in [-0.2, -0.15) is 0 Å². The molecule has 0 aromatic rings. The Morgan fingerprint density at radius 2 is 1.94 bits per heavy atom. The van der Waals surface area contributed by atoms with Gasteiger partial charge in [-0.25, -0.2) is 0 Å². The van der Waals surface area contributed by atoms with E-state index in [1.807, 2.05) is 4.90 Å². The molecular weight excluding hydrogens is 204 g/mol. The van der Waals surface area contributed by atoms with Crippen molar-refractivity contribution >= 4 is 5.91 Å². The summed E-state index contributed by atoms with van der Waals surface area (Å²) in [5.41, 5.74) is 0. The molecule has 1 aliphatic rings. The van der Waals surface area contributed by atoms with Crippen molar-refractivity contribution in [1.82, 2.24) is 10.2 Å². The smallest absolute Gasteiger partial charge is 0.236 e. The van der Waals surface area contributed by atoms with Gasteiger partial charge in [0, 0.05) is 13.1 Å². The Morgan fingerprint density at radius 3 is 2.50 bits per heavy atom. The van der Waals surface area contributed by atoms with E-state index in [0.717, 1.165) is 25.9 Å². The SMILES string of the molecule is CC(O)CCNCC(=O)N1CCCCCC1. The van der Waals surface area contributed by atoms with Crippen molar-refractivity contribution in [3.05, 3.63) is 0 Å². The lowest BCUT2D eigenvalue weighted by Gasteiger charge is -2.20. The fourth-order valence-electron chi connectivity index (χ4n) is 1.94. The highest BCUT2D eigenvalue weighted by Gasteiger charge is 2.14. The average Bonchev–Trinajstić information content (AvgIpc) is 2.52. The maximum atomic E-state index is 11.8. The van der Waals surface area contributed by atoms with Crippen LogP contribution in [-0.2, 0) is 4.79 Å². The van der Waals surface area contributed by atoms with Crippen LogP contribution >= 0.6 is 0 Å². The highest BCUT2D eigenvalue weighted by molar-refractivity contribution is 5.78. The van der Waals surface area contributed by atoms with E-state index < -0.39 is 0 Å². The molecule has 0 bridgehead atoms. The van der Waals surface area contributed by atoms with Gasteiger partial charge < -0.3 is 15.3 Å². The summed E-state index contributed by atoms with van der Waals surface area (Å²) in [6.45, 7) is 4.70. The molecular formula is C12H24N2O2. The van der Waals surface area contributed by atoms with Gasteiger partial charge in [-0.1, -0.05) is 12.8 Å². The number of likely N-dealkylation sites (tertiary alicyclic amines) is 1. The Labute approximate surface area is 98.0 Å². The number of aliphatic hydroxyl groups is 1. The molecule has 1 amide bonds. The van der Waals surface area contributed by atoms with Crippen molar-refractivity contribution in [3.8, 4) is 0 Å². The van der Waals surface area contributed by atoms with E-state index in [-0.39, 0.29) is 12.0 Å². The molecule has 16 heavy (non-hydrogen) atoms. The van der Waals surface area contributed by atoms with Gasteiger partial charge in [0.05, 0.1) is 12.6 Å². The molecule has 94 valence electrons. The van der Waals surface area contributed by atoms with Crippen LogP contribution in [0.1, 0.15) is 39.0 Å². The van der Waals surface area contributed by atoms with Gasteiger partial charge in [0.15, 0.2) is 0 Å². The first kappa shape index (κ1) is 13.5. The summed E-state index contributed by atoms with van der Waals surface area (Å²) >= 11 is 0. The minimum Gasteiger partial charge on any atom is -0.393 e. The molecule has 0 aromatic carbocycles. The van der Waals surface area contributed by atoms with Crippen LogP contribution in [0.5, 0.6) is 0 Å². The fraction of sp³-hybridized carbons (Fsp3) is 0.917. The van der Waals surface area contributed by atoms with E-state index in [1.165, 1.54) is 12.8 Å². The predicted octanol–water partition coefficient (Wildman–Crippen LogP) is 0.749. The van der Waals surface area contributed by atoms with Gasteiger partial charge in [0.1, 0.15) is 0 Å². The Morgan fingerprint density at radius 1 is 1.31 bits per heavy atom. The van der Waals surface area contributed by atoms with Crippen molar-refractivity contribution < 1.29 is 9.90 Å². The van der Waals surface area contributed by atoms with Crippen LogP contribution in [0.4, 0.5) is 0 Å². The molecule has 1 atom stereocenters. The van der Waals surface area contributed by atoms with Crippen molar-refractivity contribution in [2.75, 3.05) is 26.2 Å². The van der Waals surface area contributed by atoms with Crippen LogP contribution in [0.2, 0.25) is 0 Å². The quantitative estimate of drug-likeness (QED) is 0.683. The Bertz CT molecular complexity index is 199. The minimum absolute atomic E-state index is 0.201. The summed E-state index contributed by atoms with van der Waals surface area (Å²) in [4.78, 5) is 13.8. The second kappa shape index (κ2) is 7.63. The third-order valence-corrected chi connectivity index (χ3v) is 2.97. The summed E-state index contributed by atoms with van der Waals surface area (Å²) in [5, 5.41) is 12.2. The summed E-state index contributed by atoms with van der Waals surface area (Å²) < 4.78 is 0. The van der Waals surface area contributed by atoms with E-state index in [0.29, 0.717) is 19.5 Å². The topological polar surface area (TPSA) is 52.6 Å². The van der Waals surface area contributed by atoms with Gasteiger partial charge in [0.2, 0.25) is 5.91 Å². The summed E-state index contributed by atoms with van der Waals surface area (Å²) in [7, 11) is 0. The lowest BCUT2D eigenvalue weighted by molar-refractivity contribution is -0.130. The van der Waals surface area contributed by atoms with Gasteiger partial charge in [-0.15, -0.1) is 0 Å². The molecule has 0 spiro atoms. The Hall–Kier alpha value is -0.610. The largest absolute Gasteiger partial charge is 0.393 e. The van der Waals surface area contributed by atoms with E-state index in [4.69, 9.17) is 5.11 Å². The molecule has 1 saturated heterocycles. The van der Waals surface area contributed by atoms with Gasteiger partial charge >= 0.3 is 0 Å². The molecule has 1 heterocycles. The normalized spacial score (nSPS) is 19.2. The Kier molecular flexibility index (Phi) is 6.42. The van der Waals surface area contributed by atoms with E-state index in [2.05, 4.69) is 5.32 Å². The van der Waals surface area contributed by atoms with Crippen LogP contribution in [0.3, 0.4) is 0 Å². The van der Waals surface area contributed by atoms with Crippen molar-refractivity contribution in [2.45, 2.75) is 45.1 Å². The van der Waals surface area contributed by atoms with Crippen molar-refractivity contribution in [3.63, 3.8) is 0 Å². The number of hydrogen-bond donors (Lipinski definition) is 2. The molecule has 0 radical (unpaired) electrons. The second-order valence-electron chi connectivity index (χ2n) is 4.61. The standard InChI is InChI=1S/C12H24N2O2/c1-11(15)6-7-13-10-12(16)14-8-4-2-3-5-9-14/h11,13,15H,2-10H2,1H3. The zero-order chi connectivity index (χ0) is 11.8. The maximum absolute atomic E-state index is 11.8. The lowest BCUT2D eigenvalue weighted by atomic mass is 10.2. The van der Waals surface area contributed by atoms with E-state index >= 15 is 0 Å². The van der Waals surface area contributed by atoms with Crippen LogP contribution < -0.4 is 5.32 Å². The molecule has 1 fully saturated rings. The Balaban J connectivity index is 2.13. The number of aliphatic hydroxyl groups excluding tert-OH is 1. The molecule has 0 aromatic heterocycles. The fourth-order valence-corrected chi connectivity index (χ4v) is 1.94. The first-order chi connectivity index (χ1) is 7.70. The molecule has 1 unspecified atom stereocenters. The zero-order valence-electron chi connectivity index (χ0n) is 10.2. The molecule has 1 rings (SSSR count). The van der Waals surface area contributed by atoms with E-state index in [9.17, 15) is 4.79 Å². The predicted molar refractivity (Wildman–Crippen MR) is 64.2 cm³/mol. The van der Waals surface area contributed by atoms with Gasteiger partial charge in [-0.05, 0) is 32.7 Å². The molecule has 2 N–H and O–H groups in total.